The maximum Gasteiger partial charge on any atom is 0.0796 e. The highest BCUT2D eigenvalue weighted by molar-refractivity contribution is 6.88. The van der Waals surface area contributed by atoms with Crippen LogP contribution in [-0.4, -0.2) is 13.1 Å². The third-order valence-corrected chi connectivity index (χ3v) is 5.84. The van der Waals surface area contributed by atoms with Crippen LogP contribution in [0.2, 0.25) is 19.6 Å². The van der Waals surface area contributed by atoms with E-state index in [2.05, 4.69) is 42.8 Å². The van der Waals surface area contributed by atoms with Crippen LogP contribution < -0.4 is 5.19 Å². The van der Waals surface area contributed by atoms with E-state index in [1.165, 1.54) is 5.19 Å². The number of pyridine rings is 1. The number of hydrogen-bond acceptors (Lipinski definition) is 1. The monoisotopic (exact) mass is 304 g/mol. The Balaban J connectivity index is 2.01. The molecular formula is C20H21NSi. The molecule has 1 heterocycles. The zero-order valence-corrected chi connectivity index (χ0v) is 14.3. The van der Waals surface area contributed by atoms with E-state index in [4.69, 9.17) is 1.37 Å². The first-order valence-corrected chi connectivity index (χ1v) is 11.1. The van der Waals surface area contributed by atoms with Gasteiger partial charge in [0.2, 0.25) is 0 Å². The summed E-state index contributed by atoms with van der Waals surface area (Å²) in [4.78, 5) is 4.65. The molecule has 0 saturated carbocycles. The molecule has 0 N–H and O–H groups in total. The molecule has 0 atom stereocenters. The summed E-state index contributed by atoms with van der Waals surface area (Å²) in [5.41, 5.74) is 4.03. The van der Waals surface area contributed by atoms with E-state index in [0.29, 0.717) is 6.04 Å². The summed E-state index contributed by atoms with van der Waals surface area (Å²) in [6, 6.07) is 20.8. The zero-order chi connectivity index (χ0) is 16.4. The highest BCUT2D eigenvalue weighted by Gasteiger charge is 2.16. The number of aromatic nitrogens is 1. The summed E-state index contributed by atoms with van der Waals surface area (Å²) in [7, 11) is -1.32. The maximum atomic E-state index is 8.17. The van der Waals surface area contributed by atoms with E-state index >= 15 is 0 Å². The normalized spacial score (nSPS) is 12.0. The lowest BCUT2D eigenvalue weighted by Gasteiger charge is -2.16. The molecule has 1 aromatic heterocycles. The Morgan fingerprint density at radius 2 is 1.55 bits per heavy atom. The Morgan fingerprint density at radius 1 is 0.818 bits per heavy atom. The van der Waals surface area contributed by atoms with Gasteiger partial charge in [-0.25, -0.2) is 0 Å². The highest BCUT2D eigenvalue weighted by atomic mass is 28.3. The van der Waals surface area contributed by atoms with Crippen LogP contribution >= 0.6 is 0 Å². The van der Waals surface area contributed by atoms with Gasteiger partial charge in [-0.2, -0.15) is 0 Å². The van der Waals surface area contributed by atoms with Crippen molar-refractivity contribution in [1.82, 2.24) is 4.98 Å². The van der Waals surface area contributed by atoms with Crippen molar-refractivity contribution in [3.63, 3.8) is 0 Å². The molecule has 0 radical (unpaired) electrons. The topological polar surface area (TPSA) is 12.9 Å². The van der Waals surface area contributed by atoms with Crippen LogP contribution in [0.25, 0.3) is 22.4 Å². The number of rotatable bonds is 3. The average molecular weight is 304 g/mol. The first-order chi connectivity index (χ1) is 10.9. The van der Waals surface area contributed by atoms with Crippen molar-refractivity contribution in [1.29, 1.82) is 0 Å². The predicted octanol–water partition coefficient (Wildman–Crippen LogP) is 4.96. The fourth-order valence-corrected chi connectivity index (χ4v) is 3.45. The molecule has 0 amide bonds. The first-order valence-electron chi connectivity index (χ1n) is 8.08. The van der Waals surface area contributed by atoms with Crippen LogP contribution in [0.3, 0.4) is 0 Å². The first kappa shape index (κ1) is 13.5. The van der Waals surface area contributed by atoms with Crippen LogP contribution in [0.1, 0.15) is 1.37 Å². The SMILES string of the molecule is [2H]c1ccc(-c2ccc([Si](C)(C)C)cn2)cc1-c1ccccc1. The molecule has 1 nitrogen and oxygen atoms in total. The lowest BCUT2D eigenvalue weighted by atomic mass is 10.0. The number of nitrogens with zero attached hydrogens (tertiary/aromatic N) is 1. The van der Waals surface area contributed by atoms with Gasteiger partial charge < -0.3 is 0 Å². The average Bonchev–Trinajstić information content (AvgIpc) is 2.55. The van der Waals surface area contributed by atoms with Crippen LogP contribution in [-0.2, 0) is 0 Å². The van der Waals surface area contributed by atoms with Gasteiger partial charge in [0, 0.05) is 11.8 Å². The van der Waals surface area contributed by atoms with E-state index in [1.54, 1.807) is 0 Å². The minimum absolute atomic E-state index is 0.540. The molecular weight excluding hydrogens is 282 g/mol. The second kappa shape index (κ2) is 5.89. The van der Waals surface area contributed by atoms with Gasteiger partial charge in [0.25, 0.3) is 0 Å². The Hall–Kier alpha value is -2.19. The van der Waals surface area contributed by atoms with Crippen molar-refractivity contribution in [2.45, 2.75) is 19.6 Å². The third kappa shape index (κ3) is 3.17. The van der Waals surface area contributed by atoms with Gasteiger partial charge in [-0.05, 0) is 28.4 Å². The van der Waals surface area contributed by atoms with Crippen molar-refractivity contribution in [3.8, 4) is 22.4 Å². The lowest BCUT2D eigenvalue weighted by molar-refractivity contribution is 1.34. The summed E-state index contributed by atoms with van der Waals surface area (Å²) in [6.07, 6.45) is 2.01. The van der Waals surface area contributed by atoms with Crippen molar-refractivity contribution in [2.24, 2.45) is 0 Å². The van der Waals surface area contributed by atoms with Crippen molar-refractivity contribution in [2.75, 3.05) is 0 Å². The molecule has 22 heavy (non-hydrogen) atoms. The van der Waals surface area contributed by atoms with Crippen LogP contribution in [0.15, 0.2) is 72.9 Å². The number of benzene rings is 2. The largest absolute Gasteiger partial charge is 0.256 e. The molecule has 0 aliphatic heterocycles. The molecule has 3 aromatic rings. The minimum atomic E-state index is -1.32. The molecule has 0 unspecified atom stereocenters. The van der Waals surface area contributed by atoms with E-state index in [1.807, 2.05) is 48.7 Å². The molecule has 2 aromatic carbocycles. The molecule has 3 rings (SSSR count). The van der Waals surface area contributed by atoms with Crippen LogP contribution in [0, 0.1) is 0 Å². The standard InChI is InChI=1S/C20H21NSi/c1-22(2,3)19-12-13-20(21-15-19)18-11-7-10-17(14-18)16-8-5-4-6-9-16/h4-15H,1-3H3/i10D. The summed E-state index contributed by atoms with van der Waals surface area (Å²) >= 11 is 0. The lowest BCUT2D eigenvalue weighted by Crippen LogP contribution is -2.37. The van der Waals surface area contributed by atoms with Crippen LogP contribution in [0.5, 0.6) is 0 Å². The van der Waals surface area contributed by atoms with Gasteiger partial charge >= 0.3 is 0 Å². The summed E-state index contributed by atoms with van der Waals surface area (Å²) in [5, 5.41) is 1.36. The summed E-state index contributed by atoms with van der Waals surface area (Å²) < 4.78 is 8.17. The van der Waals surface area contributed by atoms with Gasteiger partial charge in [-0.1, -0.05) is 74.2 Å². The predicted molar refractivity (Wildman–Crippen MR) is 98.1 cm³/mol. The van der Waals surface area contributed by atoms with Gasteiger partial charge in [0.05, 0.1) is 15.1 Å². The van der Waals surface area contributed by atoms with Crippen LogP contribution in [0.4, 0.5) is 0 Å². The quantitative estimate of drug-likeness (QED) is 0.623. The Morgan fingerprint density at radius 3 is 2.18 bits per heavy atom. The fraction of sp³-hybridized carbons (Fsp3) is 0.150. The summed E-state index contributed by atoms with van der Waals surface area (Å²) in [5.74, 6) is 0. The molecule has 0 saturated heterocycles. The van der Waals surface area contributed by atoms with Gasteiger partial charge in [0.1, 0.15) is 0 Å². The zero-order valence-electron chi connectivity index (χ0n) is 14.3. The van der Waals surface area contributed by atoms with Gasteiger partial charge in [-0.15, -0.1) is 0 Å². The molecule has 2 heteroatoms. The molecule has 0 spiro atoms. The second-order valence-electron chi connectivity index (χ2n) is 6.54. The minimum Gasteiger partial charge on any atom is -0.256 e. The number of hydrogen-bond donors (Lipinski definition) is 0. The van der Waals surface area contributed by atoms with Crippen molar-refractivity contribution >= 4 is 13.3 Å². The van der Waals surface area contributed by atoms with Gasteiger partial charge in [-0.3, -0.25) is 4.98 Å². The van der Waals surface area contributed by atoms with Crippen molar-refractivity contribution in [3.05, 3.63) is 72.9 Å². The molecule has 0 fully saturated rings. The highest BCUT2D eigenvalue weighted by Crippen LogP contribution is 2.24. The van der Waals surface area contributed by atoms with E-state index < -0.39 is 8.07 Å². The van der Waals surface area contributed by atoms with E-state index in [0.717, 1.165) is 22.4 Å². The molecule has 0 aliphatic rings. The van der Waals surface area contributed by atoms with E-state index in [9.17, 15) is 0 Å². The van der Waals surface area contributed by atoms with Crippen molar-refractivity contribution < 1.29 is 1.37 Å². The molecule has 0 aliphatic carbocycles. The molecule has 0 bridgehead atoms. The second-order valence-corrected chi connectivity index (χ2v) is 11.6. The maximum absolute atomic E-state index is 8.17. The van der Waals surface area contributed by atoms with E-state index in [-0.39, 0.29) is 0 Å². The van der Waals surface area contributed by atoms with Gasteiger partial charge in [0.15, 0.2) is 0 Å². The third-order valence-electron chi connectivity index (χ3n) is 3.81. The Labute approximate surface area is 135 Å². The Bertz CT molecular complexity index is 805. The smallest absolute Gasteiger partial charge is 0.0796 e. The Kier molecular flexibility index (Phi) is 3.61. The summed E-state index contributed by atoms with van der Waals surface area (Å²) in [6.45, 7) is 6.98. The molecule has 110 valence electrons. The fourth-order valence-electron chi connectivity index (χ4n) is 2.42.